The van der Waals surface area contributed by atoms with Crippen molar-refractivity contribution in [1.29, 1.82) is 0 Å². The van der Waals surface area contributed by atoms with E-state index in [0.717, 1.165) is 25.0 Å². The van der Waals surface area contributed by atoms with Crippen molar-refractivity contribution in [3.8, 4) is 17.0 Å². The number of nitrogens with one attached hydrogen (secondary N) is 2. The topological polar surface area (TPSA) is 109 Å². The van der Waals surface area contributed by atoms with E-state index in [-0.39, 0.29) is 29.6 Å². The first kappa shape index (κ1) is 20.6. The quantitative estimate of drug-likeness (QED) is 0.539. The second-order valence-corrected chi connectivity index (χ2v) is 8.02. The standard InChI is InChI=1S/C23H25N5O3/c1-14(2)25-23(31)28-20(15-4-3-5-15)13-19(27-28)18-12-17(6-7-21(18)29)26-22(30)16-8-10-24-11-9-16/h6-15,29H,3-5H2,1-2H3,(H,25,31)(H,26,30). The molecule has 3 aromatic rings. The van der Waals surface area contributed by atoms with Gasteiger partial charge in [0.05, 0.1) is 11.4 Å². The molecular formula is C23H25N5O3. The Kier molecular flexibility index (Phi) is 5.70. The van der Waals surface area contributed by atoms with Gasteiger partial charge >= 0.3 is 6.03 Å². The van der Waals surface area contributed by atoms with Crippen LogP contribution in [-0.4, -0.2) is 37.9 Å². The lowest BCUT2D eigenvalue weighted by molar-refractivity contribution is 0.102. The molecule has 0 saturated heterocycles. The van der Waals surface area contributed by atoms with E-state index in [0.29, 0.717) is 22.5 Å². The smallest absolute Gasteiger partial charge is 0.342 e. The molecule has 0 atom stereocenters. The van der Waals surface area contributed by atoms with Crippen LogP contribution < -0.4 is 10.6 Å². The van der Waals surface area contributed by atoms with Gasteiger partial charge in [-0.3, -0.25) is 9.78 Å². The zero-order valence-corrected chi connectivity index (χ0v) is 17.5. The average Bonchev–Trinajstić information content (AvgIpc) is 3.13. The molecule has 8 nitrogen and oxygen atoms in total. The molecule has 3 N–H and O–H groups in total. The summed E-state index contributed by atoms with van der Waals surface area (Å²) < 4.78 is 1.40. The Morgan fingerprint density at radius 1 is 1.13 bits per heavy atom. The molecule has 1 aromatic carbocycles. The Hall–Kier alpha value is -3.68. The summed E-state index contributed by atoms with van der Waals surface area (Å²) in [6.45, 7) is 3.79. The van der Waals surface area contributed by atoms with Crippen LogP contribution in [0.4, 0.5) is 10.5 Å². The fourth-order valence-corrected chi connectivity index (χ4v) is 3.52. The van der Waals surface area contributed by atoms with Crippen molar-refractivity contribution in [3.05, 3.63) is 60.0 Å². The number of aromatic nitrogens is 3. The predicted molar refractivity (Wildman–Crippen MR) is 117 cm³/mol. The Morgan fingerprint density at radius 3 is 2.52 bits per heavy atom. The summed E-state index contributed by atoms with van der Waals surface area (Å²) in [7, 11) is 0. The molecule has 0 aliphatic heterocycles. The molecule has 2 amide bonds. The molecule has 8 heteroatoms. The van der Waals surface area contributed by atoms with Crippen LogP contribution in [0.25, 0.3) is 11.3 Å². The molecular weight excluding hydrogens is 394 g/mol. The molecule has 1 aliphatic carbocycles. The van der Waals surface area contributed by atoms with Crippen LogP contribution in [0, 0.1) is 0 Å². The van der Waals surface area contributed by atoms with Crippen molar-refractivity contribution < 1.29 is 14.7 Å². The number of phenolic OH excluding ortho intramolecular Hbond substituents is 1. The summed E-state index contributed by atoms with van der Waals surface area (Å²) >= 11 is 0. The number of benzene rings is 1. The van der Waals surface area contributed by atoms with Gasteiger partial charge in [0.1, 0.15) is 5.75 Å². The Bertz CT molecular complexity index is 1100. The van der Waals surface area contributed by atoms with Gasteiger partial charge in [0, 0.05) is 41.2 Å². The molecule has 160 valence electrons. The summed E-state index contributed by atoms with van der Waals surface area (Å²) in [5, 5.41) is 20.7. The molecule has 1 aliphatic rings. The van der Waals surface area contributed by atoms with Crippen LogP contribution in [0.5, 0.6) is 5.75 Å². The van der Waals surface area contributed by atoms with Crippen LogP contribution in [0.2, 0.25) is 0 Å². The third kappa shape index (κ3) is 4.42. The van der Waals surface area contributed by atoms with Gasteiger partial charge in [-0.1, -0.05) is 6.42 Å². The number of phenols is 1. The third-order valence-electron chi connectivity index (χ3n) is 5.34. The summed E-state index contributed by atoms with van der Waals surface area (Å²) in [4.78, 5) is 29.1. The zero-order valence-electron chi connectivity index (χ0n) is 17.5. The van der Waals surface area contributed by atoms with Gasteiger partial charge in [-0.15, -0.1) is 0 Å². The van der Waals surface area contributed by atoms with E-state index in [2.05, 4.69) is 20.7 Å². The van der Waals surface area contributed by atoms with Gasteiger partial charge in [-0.25, -0.2) is 4.79 Å². The number of rotatable bonds is 5. The maximum Gasteiger partial charge on any atom is 0.342 e. The molecule has 2 aromatic heterocycles. The van der Waals surface area contributed by atoms with Gasteiger partial charge in [-0.2, -0.15) is 9.78 Å². The molecule has 0 spiro atoms. The van der Waals surface area contributed by atoms with E-state index in [1.165, 1.54) is 10.7 Å². The monoisotopic (exact) mass is 419 g/mol. The first-order valence-corrected chi connectivity index (χ1v) is 10.4. The van der Waals surface area contributed by atoms with Gasteiger partial charge < -0.3 is 15.7 Å². The maximum absolute atomic E-state index is 12.7. The minimum atomic E-state index is -0.287. The van der Waals surface area contributed by atoms with Crippen molar-refractivity contribution in [1.82, 2.24) is 20.1 Å². The van der Waals surface area contributed by atoms with E-state index in [9.17, 15) is 14.7 Å². The predicted octanol–water partition coefficient (Wildman–Crippen LogP) is 4.14. The molecule has 0 bridgehead atoms. The zero-order chi connectivity index (χ0) is 22.0. The lowest BCUT2D eigenvalue weighted by Crippen LogP contribution is -2.36. The van der Waals surface area contributed by atoms with Gasteiger partial charge in [0.2, 0.25) is 0 Å². The van der Waals surface area contributed by atoms with Gasteiger partial charge in [-0.05, 0) is 63.1 Å². The second kappa shape index (κ2) is 8.59. The average molecular weight is 419 g/mol. The van der Waals surface area contributed by atoms with E-state index in [1.54, 1.807) is 36.7 Å². The van der Waals surface area contributed by atoms with Gasteiger partial charge in [0.25, 0.3) is 5.91 Å². The van der Waals surface area contributed by atoms with E-state index < -0.39 is 0 Å². The molecule has 1 saturated carbocycles. The highest BCUT2D eigenvalue weighted by Gasteiger charge is 2.28. The number of hydrogen-bond donors (Lipinski definition) is 3. The number of aromatic hydroxyl groups is 1. The van der Waals surface area contributed by atoms with Crippen molar-refractivity contribution in [2.75, 3.05) is 5.32 Å². The van der Waals surface area contributed by atoms with Crippen LogP contribution in [0.3, 0.4) is 0 Å². The first-order valence-electron chi connectivity index (χ1n) is 10.4. The molecule has 4 rings (SSSR count). The number of nitrogens with zero attached hydrogens (tertiary/aromatic N) is 3. The van der Waals surface area contributed by atoms with Crippen LogP contribution >= 0.6 is 0 Å². The molecule has 0 unspecified atom stereocenters. The highest BCUT2D eigenvalue weighted by atomic mass is 16.3. The van der Waals surface area contributed by atoms with Gasteiger partial charge in [0.15, 0.2) is 0 Å². The number of hydrogen-bond acceptors (Lipinski definition) is 5. The van der Waals surface area contributed by atoms with E-state index in [4.69, 9.17) is 0 Å². The van der Waals surface area contributed by atoms with Crippen molar-refractivity contribution in [2.24, 2.45) is 0 Å². The maximum atomic E-state index is 12.7. The normalized spacial score (nSPS) is 13.6. The van der Waals surface area contributed by atoms with Crippen LogP contribution in [0.1, 0.15) is 55.1 Å². The highest BCUT2D eigenvalue weighted by molar-refractivity contribution is 6.04. The fourth-order valence-electron chi connectivity index (χ4n) is 3.52. The number of anilines is 1. The highest BCUT2D eigenvalue weighted by Crippen LogP contribution is 2.39. The summed E-state index contributed by atoms with van der Waals surface area (Å²) in [5.41, 5.74) is 2.76. The fraction of sp³-hybridized carbons (Fsp3) is 0.304. The largest absolute Gasteiger partial charge is 0.507 e. The van der Waals surface area contributed by atoms with Crippen molar-refractivity contribution in [3.63, 3.8) is 0 Å². The Labute approximate surface area is 180 Å². The van der Waals surface area contributed by atoms with Crippen LogP contribution in [0.15, 0.2) is 48.8 Å². The van der Waals surface area contributed by atoms with Crippen LogP contribution in [-0.2, 0) is 0 Å². The molecule has 1 fully saturated rings. The van der Waals surface area contributed by atoms with Crippen molar-refractivity contribution in [2.45, 2.75) is 45.1 Å². The number of carbonyl (C=O) groups excluding carboxylic acids is 2. The number of pyridine rings is 1. The summed E-state index contributed by atoms with van der Waals surface area (Å²) in [5.74, 6) is 0.0166. The summed E-state index contributed by atoms with van der Waals surface area (Å²) in [6, 6.07) is 9.58. The lowest BCUT2D eigenvalue weighted by atomic mass is 9.82. The van der Waals surface area contributed by atoms with Crippen molar-refractivity contribution >= 4 is 17.6 Å². The lowest BCUT2D eigenvalue weighted by Gasteiger charge is -2.25. The number of amides is 2. The molecule has 2 heterocycles. The number of carbonyl (C=O) groups is 2. The van der Waals surface area contributed by atoms with E-state index >= 15 is 0 Å². The summed E-state index contributed by atoms with van der Waals surface area (Å²) in [6.07, 6.45) is 6.24. The Balaban J connectivity index is 1.65. The third-order valence-corrected chi connectivity index (χ3v) is 5.34. The minimum Gasteiger partial charge on any atom is -0.507 e. The molecule has 0 radical (unpaired) electrons. The minimum absolute atomic E-state index is 0.0190. The first-order chi connectivity index (χ1) is 14.9. The molecule has 31 heavy (non-hydrogen) atoms. The van der Waals surface area contributed by atoms with E-state index in [1.807, 2.05) is 19.9 Å². The Morgan fingerprint density at radius 2 is 1.87 bits per heavy atom. The second-order valence-electron chi connectivity index (χ2n) is 8.02. The SMILES string of the molecule is CC(C)NC(=O)n1nc(-c2cc(NC(=O)c3ccncc3)ccc2O)cc1C1CCC1.